The first-order valence-corrected chi connectivity index (χ1v) is 18.5. The van der Waals surface area contributed by atoms with Crippen LogP contribution < -0.4 is 25.4 Å². The molecule has 2 heterocycles. The second-order valence-corrected chi connectivity index (χ2v) is 15.3. The monoisotopic (exact) mass is 716 g/mol. The number of nitrogens with zero attached hydrogens (tertiary/aromatic N) is 2. The molecule has 0 bridgehead atoms. The molecule has 2 aliphatic heterocycles. The molecule has 0 atom stereocenters. The Balaban J connectivity index is 0.000000175. The van der Waals surface area contributed by atoms with Crippen molar-refractivity contribution in [3.63, 3.8) is 0 Å². The van der Waals surface area contributed by atoms with Gasteiger partial charge in [0.1, 0.15) is 11.5 Å². The SMILES string of the molecule is Cc1cccc2c1OC[N+](c1ccc(C(F)(F)F)cc1)=C2.Cc1cccc2c1OC[N+](c1ccc(P(=O)(c3ccccc3)c3ccccc3)cc1)=C2. The maximum absolute atomic E-state index is 14.5. The van der Waals surface area contributed by atoms with Gasteiger partial charge in [-0.1, -0.05) is 84.9 Å². The van der Waals surface area contributed by atoms with Gasteiger partial charge in [0.25, 0.3) is 13.5 Å². The Bertz CT molecular complexity index is 2280. The average molecular weight is 717 g/mol. The zero-order valence-corrected chi connectivity index (χ0v) is 29.5. The van der Waals surface area contributed by atoms with Crippen molar-refractivity contribution in [3.8, 4) is 11.5 Å². The maximum atomic E-state index is 14.5. The van der Waals surface area contributed by atoms with Gasteiger partial charge in [0, 0.05) is 40.2 Å². The minimum atomic E-state index is -4.32. The summed E-state index contributed by atoms with van der Waals surface area (Å²) >= 11 is 0. The van der Waals surface area contributed by atoms with Gasteiger partial charge in [0.05, 0.1) is 16.7 Å². The van der Waals surface area contributed by atoms with Gasteiger partial charge in [-0.2, -0.15) is 22.3 Å². The number of hydrogen-bond donors (Lipinski definition) is 0. The largest absolute Gasteiger partial charge is 0.435 e. The quantitative estimate of drug-likeness (QED) is 0.132. The van der Waals surface area contributed by atoms with E-state index in [9.17, 15) is 17.7 Å². The third kappa shape index (κ3) is 7.07. The highest BCUT2D eigenvalue weighted by Crippen LogP contribution is 2.42. The van der Waals surface area contributed by atoms with Crippen LogP contribution in [0.5, 0.6) is 11.5 Å². The highest BCUT2D eigenvalue weighted by atomic mass is 31.2. The van der Waals surface area contributed by atoms with Crippen LogP contribution >= 0.6 is 7.14 Å². The summed E-state index contributed by atoms with van der Waals surface area (Å²) in [7, 11) is -2.96. The highest BCUT2D eigenvalue weighted by Gasteiger charge is 2.32. The van der Waals surface area contributed by atoms with Gasteiger partial charge in [-0.3, -0.25) is 0 Å². The standard InChI is InChI=1S/C27H23NO2P.C16H13F3NO/c1-21-9-8-10-22-19-28(20-30-27(21)22)23-15-17-26(18-16-23)31(29,24-11-4-2-5-12-24)25-13-6-3-7-14-25;1-11-3-2-4-12-9-20(10-21-15(11)12)14-7-5-13(6-8-14)16(17,18)19/h2-19H,20H2,1H3;2-9H,10H2,1H3/q2*+1. The van der Waals surface area contributed by atoms with Crippen molar-refractivity contribution in [1.82, 2.24) is 0 Å². The summed E-state index contributed by atoms with van der Waals surface area (Å²) in [5.74, 6) is 1.76. The topological polar surface area (TPSA) is 41.5 Å². The van der Waals surface area contributed by atoms with E-state index in [4.69, 9.17) is 9.47 Å². The van der Waals surface area contributed by atoms with Gasteiger partial charge >= 0.3 is 6.18 Å². The van der Waals surface area contributed by atoms with Crippen LogP contribution in [0.15, 0.2) is 146 Å². The predicted octanol–water partition coefficient (Wildman–Crippen LogP) is 8.87. The smallest absolute Gasteiger partial charge is 0.416 e. The van der Waals surface area contributed by atoms with Gasteiger partial charge < -0.3 is 14.0 Å². The number of alkyl halides is 3. The van der Waals surface area contributed by atoms with Crippen molar-refractivity contribution >= 4 is 46.9 Å². The van der Waals surface area contributed by atoms with Gasteiger partial charge in [-0.25, -0.2) is 0 Å². The van der Waals surface area contributed by atoms with Gasteiger partial charge in [-0.05, 0) is 61.4 Å². The third-order valence-electron chi connectivity index (χ3n) is 9.08. The van der Waals surface area contributed by atoms with E-state index in [-0.39, 0.29) is 6.73 Å². The fourth-order valence-electron chi connectivity index (χ4n) is 6.34. The first-order valence-electron chi connectivity index (χ1n) is 16.8. The van der Waals surface area contributed by atoms with Gasteiger partial charge in [-0.15, -0.1) is 0 Å². The number of halogens is 3. The summed E-state index contributed by atoms with van der Waals surface area (Å²) in [6.07, 6.45) is -0.326. The zero-order valence-electron chi connectivity index (χ0n) is 28.6. The Morgan fingerprint density at radius 1 is 0.519 bits per heavy atom. The fraction of sp³-hybridized carbons (Fsp3) is 0.116. The van der Waals surface area contributed by atoms with Crippen molar-refractivity contribution in [2.45, 2.75) is 20.0 Å². The fourth-order valence-corrected chi connectivity index (χ4v) is 8.99. The number of aryl methyl sites for hydroxylation is 2. The molecule has 6 aromatic carbocycles. The lowest BCUT2D eigenvalue weighted by atomic mass is 10.1. The molecule has 0 spiro atoms. The van der Waals surface area contributed by atoms with Crippen LogP contribution in [-0.4, -0.2) is 35.0 Å². The van der Waals surface area contributed by atoms with E-state index in [1.807, 2.05) is 122 Å². The zero-order chi connectivity index (χ0) is 36.3. The van der Waals surface area contributed by atoms with Crippen LogP contribution in [0.3, 0.4) is 0 Å². The van der Waals surface area contributed by atoms with E-state index in [2.05, 4.69) is 29.8 Å². The van der Waals surface area contributed by atoms with E-state index >= 15 is 0 Å². The Morgan fingerprint density at radius 2 is 0.923 bits per heavy atom. The van der Waals surface area contributed by atoms with E-state index in [0.717, 1.165) is 67.5 Å². The predicted molar refractivity (Wildman–Crippen MR) is 201 cm³/mol. The van der Waals surface area contributed by atoms with Crippen LogP contribution in [0, 0.1) is 13.8 Å². The molecule has 8 rings (SSSR count). The molecule has 52 heavy (non-hydrogen) atoms. The molecule has 0 saturated heterocycles. The molecule has 0 unspecified atom stereocenters. The summed E-state index contributed by atoms with van der Waals surface area (Å²) in [6.45, 7) is 4.75. The Hall–Kier alpha value is -5.72. The van der Waals surface area contributed by atoms with Crippen molar-refractivity contribution in [1.29, 1.82) is 0 Å². The molecular formula is C43H36F3N2O3P+2. The Morgan fingerprint density at radius 3 is 1.35 bits per heavy atom. The van der Waals surface area contributed by atoms with Crippen molar-refractivity contribution in [2.75, 3.05) is 13.5 Å². The molecule has 2 aliphatic rings. The molecule has 0 fully saturated rings. The van der Waals surface area contributed by atoms with Crippen LogP contribution in [0.25, 0.3) is 0 Å². The number of ether oxygens (including phenoxy) is 2. The summed E-state index contributed by atoms with van der Waals surface area (Å²) in [4.78, 5) is 0. The molecule has 5 nitrogen and oxygen atoms in total. The molecule has 0 aromatic heterocycles. The van der Waals surface area contributed by atoms with Crippen molar-refractivity contribution in [3.05, 3.63) is 173 Å². The number of hydrogen-bond acceptors (Lipinski definition) is 3. The highest BCUT2D eigenvalue weighted by molar-refractivity contribution is 7.85. The molecule has 6 aromatic rings. The minimum Gasteiger partial charge on any atom is -0.435 e. The Kier molecular flexibility index (Phi) is 9.67. The minimum absolute atomic E-state index is 0.281. The second-order valence-electron chi connectivity index (χ2n) is 12.6. The normalized spacial score (nSPS) is 13.6. The molecule has 0 amide bonds. The van der Waals surface area contributed by atoms with Gasteiger partial charge in [0.2, 0.25) is 11.4 Å². The molecule has 9 heteroatoms. The maximum Gasteiger partial charge on any atom is 0.416 e. The molecule has 0 radical (unpaired) electrons. The number of benzene rings is 6. The number of rotatable bonds is 5. The number of para-hydroxylation sites is 2. The number of fused-ring (bicyclic) bond motifs is 2. The van der Waals surface area contributed by atoms with E-state index in [1.165, 1.54) is 12.1 Å². The van der Waals surface area contributed by atoms with Crippen molar-refractivity contribution < 1.29 is 36.4 Å². The first kappa shape index (κ1) is 34.7. The summed E-state index contributed by atoms with van der Waals surface area (Å²) in [5.41, 5.74) is 5.17. The van der Waals surface area contributed by atoms with E-state index < -0.39 is 18.9 Å². The van der Waals surface area contributed by atoms with Crippen LogP contribution in [-0.2, 0) is 10.7 Å². The first-order chi connectivity index (χ1) is 25.1. The molecule has 260 valence electrons. The summed E-state index contributed by atoms with van der Waals surface area (Å²) in [5, 5.41) is 2.50. The van der Waals surface area contributed by atoms with E-state index in [0.29, 0.717) is 12.4 Å². The lowest BCUT2D eigenvalue weighted by Gasteiger charge is -2.20. The molecule has 0 aliphatic carbocycles. The molecule has 0 N–H and O–H groups in total. The Labute approximate surface area is 300 Å². The van der Waals surface area contributed by atoms with Gasteiger partial charge in [0.15, 0.2) is 19.6 Å². The molecular weight excluding hydrogens is 680 g/mol. The van der Waals surface area contributed by atoms with Crippen LogP contribution in [0.4, 0.5) is 24.5 Å². The lowest BCUT2D eigenvalue weighted by molar-refractivity contribution is -0.476. The average Bonchev–Trinajstić information content (AvgIpc) is 3.18. The summed E-state index contributed by atoms with van der Waals surface area (Å²) < 4.78 is 67.7. The second kappa shape index (κ2) is 14.5. The molecule has 0 saturated carbocycles. The lowest BCUT2D eigenvalue weighted by Crippen LogP contribution is -2.25. The summed E-state index contributed by atoms with van der Waals surface area (Å²) in [6, 6.07) is 44.5. The van der Waals surface area contributed by atoms with Crippen LogP contribution in [0.1, 0.15) is 27.8 Å². The third-order valence-corrected chi connectivity index (χ3v) is 12.2. The van der Waals surface area contributed by atoms with Crippen LogP contribution in [0.2, 0.25) is 0 Å². The van der Waals surface area contributed by atoms with E-state index in [1.54, 1.807) is 4.58 Å². The van der Waals surface area contributed by atoms with Crippen molar-refractivity contribution in [2.24, 2.45) is 0 Å².